The number of thiophene rings is 1. The zero-order valence-electron chi connectivity index (χ0n) is 13.4. The van der Waals surface area contributed by atoms with Crippen LogP contribution in [-0.2, 0) is 14.4 Å². The van der Waals surface area contributed by atoms with E-state index in [1.807, 2.05) is 23.6 Å². The van der Waals surface area contributed by atoms with Gasteiger partial charge in [0.1, 0.15) is 4.32 Å². The average molecular weight is 399 g/mol. The molecule has 134 valence electrons. The maximum atomic E-state index is 12.4. The number of hydrogen-bond donors (Lipinski definition) is 2. The van der Waals surface area contributed by atoms with Crippen LogP contribution in [0.1, 0.15) is 30.6 Å². The molecule has 0 aliphatic carbocycles. The van der Waals surface area contributed by atoms with Crippen LogP contribution in [0.15, 0.2) is 22.4 Å². The van der Waals surface area contributed by atoms with Crippen LogP contribution in [0.3, 0.4) is 0 Å². The second-order valence-corrected chi connectivity index (χ2v) is 7.95. The maximum Gasteiger partial charge on any atom is 0.303 e. The number of carboxylic acid groups (broad SMARTS) is 1. The first kappa shape index (κ1) is 19.6. The van der Waals surface area contributed by atoms with E-state index in [9.17, 15) is 14.4 Å². The van der Waals surface area contributed by atoms with Crippen molar-refractivity contribution in [1.82, 2.24) is 10.2 Å². The van der Waals surface area contributed by atoms with Gasteiger partial charge in [-0.15, -0.1) is 11.3 Å². The van der Waals surface area contributed by atoms with Crippen LogP contribution in [0.25, 0.3) is 6.08 Å². The third-order valence-corrected chi connectivity index (χ3v) is 5.56. The monoisotopic (exact) mass is 398 g/mol. The Morgan fingerprint density at radius 1 is 1.32 bits per heavy atom. The van der Waals surface area contributed by atoms with Crippen molar-refractivity contribution in [3.8, 4) is 0 Å². The average Bonchev–Trinajstić information content (AvgIpc) is 3.15. The lowest BCUT2D eigenvalue weighted by Gasteiger charge is -2.14. The molecule has 2 N–H and O–H groups in total. The van der Waals surface area contributed by atoms with Crippen LogP contribution in [0.5, 0.6) is 0 Å². The number of carbonyl (C=O) groups excluding carboxylic acids is 2. The first-order chi connectivity index (χ1) is 12.0. The van der Waals surface area contributed by atoms with Crippen molar-refractivity contribution in [3.63, 3.8) is 0 Å². The minimum absolute atomic E-state index is 0.0351. The molecule has 0 saturated carbocycles. The van der Waals surface area contributed by atoms with Crippen LogP contribution < -0.4 is 5.32 Å². The van der Waals surface area contributed by atoms with Gasteiger partial charge in [-0.1, -0.05) is 30.0 Å². The molecule has 9 heteroatoms. The van der Waals surface area contributed by atoms with Crippen molar-refractivity contribution < 1.29 is 19.5 Å². The van der Waals surface area contributed by atoms with Crippen molar-refractivity contribution in [1.29, 1.82) is 0 Å². The number of thiocarbonyl (C=S) groups is 1. The highest BCUT2D eigenvalue weighted by Crippen LogP contribution is 2.33. The quantitative estimate of drug-likeness (QED) is 0.378. The highest BCUT2D eigenvalue weighted by atomic mass is 32.2. The summed E-state index contributed by atoms with van der Waals surface area (Å²) in [5, 5.41) is 13.1. The molecule has 2 heterocycles. The summed E-state index contributed by atoms with van der Waals surface area (Å²) in [5.41, 5.74) is 0. The summed E-state index contributed by atoms with van der Waals surface area (Å²) in [4.78, 5) is 37.6. The Labute approximate surface area is 159 Å². The van der Waals surface area contributed by atoms with Gasteiger partial charge in [0, 0.05) is 30.8 Å². The number of thioether (sulfide) groups is 1. The summed E-state index contributed by atoms with van der Waals surface area (Å²) in [6, 6.07) is 3.86. The molecule has 1 saturated heterocycles. The van der Waals surface area contributed by atoms with Crippen LogP contribution in [0.4, 0.5) is 0 Å². The number of rotatable bonds is 9. The van der Waals surface area contributed by atoms with Crippen LogP contribution in [-0.4, -0.2) is 45.2 Å². The Balaban J connectivity index is 1.73. The predicted molar refractivity (Wildman–Crippen MR) is 103 cm³/mol. The summed E-state index contributed by atoms with van der Waals surface area (Å²) < 4.78 is 0.509. The summed E-state index contributed by atoms with van der Waals surface area (Å²) >= 11 is 8.09. The van der Waals surface area contributed by atoms with Crippen LogP contribution in [0.2, 0.25) is 0 Å². The van der Waals surface area contributed by atoms with Crippen molar-refractivity contribution in [2.24, 2.45) is 0 Å². The maximum absolute atomic E-state index is 12.4. The molecular formula is C16H18N2O4S3. The standard InChI is InChI=1S/C16H18N2O4S3/c19-13(17-7-1-6-14(20)21)5-2-8-18-15(22)12(25-16(18)23)10-11-4-3-9-24-11/h3-4,9-10H,1-2,5-8H2,(H,17,19)(H,20,21)/b12-10-. The van der Waals surface area contributed by atoms with E-state index in [-0.39, 0.29) is 24.7 Å². The fourth-order valence-electron chi connectivity index (χ4n) is 2.15. The number of hydrogen-bond acceptors (Lipinski definition) is 6. The number of aliphatic carboxylic acids is 1. The third-order valence-electron chi connectivity index (χ3n) is 3.37. The molecule has 1 aliphatic rings. The lowest BCUT2D eigenvalue weighted by molar-refractivity contribution is -0.137. The van der Waals surface area contributed by atoms with Crippen molar-refractivity contribution in [2.75, 3.05) is 13.1 Å². The number of amides is 2. The minimum atomic E-state index is -0.876. The van der Waals surface area contributed by atoms with E-state index >= 15 is 0 Å². The van der Waals surface area contributed by atoms with Gasteiger partial charge in [0.2, 0.25) is 5.91 Å². The molecular weight excluding hydrogens is 380 g/mol. The van der Waals surface area contributed by atoms with E-state index in [0.717, 1.165) is 4.88 Å². The van der Waals surface area contributed by atoms with Gasteiger partial charge < -0.3 is 10.4 Å². The second-order valence-electron chi connectivity index (χ2n) is 5.30. The molecule has 0 spiro atoms. The first-order valence-corrected chi connectivity index (χ1v) is 9.85. The topological polar surface area (TPSA) is 86.7 Å². The zero-order valence-corrected chi connectivity index (χ0v) is 15.8. The van der Waals surface area contributed by atoms with Gasteiger partial charge in [0.05, 0.1) is 4.91 Å². The Hall–Kier alpha value is -1.71. The van der Waals surface area contributed by atoms with Gasteiger partial charge >= 0.3 is 5.97 Å². The Morgan fingerprint density at radius 2 is 2.12 bits per heavy atom. The van der Waals surface area contributed by atoms with Crippen molar-refractivity contribution in [2.45, 2.75) is 25.7 Å². The minimum Gasteiger partial charge on any atom is -0.481 e. The molecule has 1 aliphatic heterocycles. The van der Waals surface area contributed by atoms with Gasteiger partial charge in [0.15, 0.2) is 0 Å². The normalized spacial score (nSPS) is 15.8. The van der Waals surface area contributed by atoms with E-state index in [4.69, 9.17) is 17.3 Å². The van der Waals surface area contributed by atoms with Crippen LogP contribution >= 0.6 is 35.3 Å². The van der Waals surface area contributed by atoms with E-state index in [0.29, 0.717) is 35.2 Å². The highest BCUT2D eigenvalue weighted by molar-refractivity contribution is 8.26. The van der Waals surface area contributed by atoms with E-state index in [1.54, 1.807) is 11.3 Å². The molecule has 1 aromatic rings. The lowest BCUT2D eigenvalue weighted by Crippen LogP contribution is -2.31. The molecule has 2 amide bonds. The largest absolute Gasteiger partial charge is 0.481 e. The first-order valence-electron chi connectivity index (χ1n) is 7.74. The Kier molecular flexibility index (Phi) is 7.60. The molecule has 0 atom stereocenters. The molecule has 2 rings (SSSR count). The second kappa shape index (κ2) is 9.69. The van der Waals surface area contributed by atoms with Gasteiger partial charge in [-0.3, -0.25) is 19.3 Å². The Morgan fingerprint density at radius 3 is 2.80 bits per heavy atom. The van der Waals surface area contributed by atoms with E-state index in [2.05, 4.69) is 5.32 Å². The molecule has 0 unspecified atom stereocenters. The molecule has 0 bridgehead atoms. The number of carbonyl (C=O) groups is 3. The van der Waals surface area contributed by atoms with Crippen molar-refractivity contribution in [3.05, 3.63) is 27.3 Å². The molecule has 6 nitrogen and oxygen atoms in total. The summed E-state index contributed by atoms with van der Waals surface area (Å²) in [6.07, 6.45) is 3.05. The fourth-order valence-corrected chi connectivity index (χ4v) is 4.18. The predicted octanol–water partition coefficient (Wildman–Crippen LogP) is 2.71. The van der Waals surface area contributed by atoms with Gasteiger partial charge in [-0.05, 0) is 30.4 Å². The number of carboxylic acids is 1. The highest BCUT2D eigenvalue weighted by Gasteiger charge is 2.31. The summed E-state index contributed by atoms with van der Waals surface area (Å²) in [6.45, 7) is 0.741. The lowest BCUT2D eigenvalue weighted by atomic mass is 10.2. The zero-order chi connectivity index (χ0) is 18.2. The molecule has 1 fully saturated rings. The van der Waals surface area contributed by atoms with Gasteiger partial charge in [-0.2, -0.15) is 0 Å². The number of nitrogens with one attached hydrogen (secondary N) is 1. The third kappa shape index (κ3) is 6.26. The smallest absolute Gasteiger partial charge is 0.303 e. The van der Waals surface area contributed by atoms with E-state index in [1.165, 1.54) is 16.7 Å². The summed E-state index contributed by atoms with van der Waals surface area (Å²) in [7, 11) is 0. The molecule has 0 aromatic carbocycles. The van der Waals surface area contributed by atoms with Gasteiger partial charge in [0.25, 0.3) is 5.91 Å². The molecule has 1 aromatic heterocycles. The fraction of sp³-hybridized carbons (Fsp3) is 0.375. The summed E-state index contributed by atoms with van der Waals surface area (Å²) in [5.74, 6) is -1.14. The SMILES string of the molecule is O=C(O)CCCNC(=O)CCCN1C(=O)/C(=C/c2cccs2)SC1=S. The van der Waals surface area contributed by atoms with Crippen molar-refractivity contribution >= 4 is 63.5 Å². The van der Waals surface area contributed by atoms with Gasteiger partial charge in [-0.25, -0.2) is 0 Å². The molecule has 0 radical (unpaired) electrons. The Bertz CT molecular complexity index is 686. The molecule has 25 heavy (non-hydrogen) atoms. The number of nitrogens with zero attached hydrogens (tertiary/aromatic N) is 1. The van der Waals surface area contributed by atoms with Crippen LogP contribution in [0, 0.1) is 0 Å². The van der Waals surface area contributed by atoms with E-state index < -0.39 is 5.97 Å².